The molecule has 0 aliphatic carbocycles. The minimum Gasteiger partial charge on any atom is -0.389 e. The molecule has 2 unspecified atom stereocenters. The van der Waals surface area contributed by atoms with E-state index in [1.54, 1.807) is 11.3 Å². The third-order valence-corrected chi connectivity index (χ3v) is 4.99. The Kier molecular flexibility index (Phi) is 4.06. The number of hydrogen-bond acceptors (Lipinski definition) is 4. The quantitative estimate of drug-likeness (QED) is 0.936. The number of ether oxygens (including phenoxy) is 1. The molecule has 1 aromatic heterocycles. The summed E-state index contributed by atoms with van der Waals surface area (Å²) in [6.45, 7) is 2.82. The number of benzene rings is 1. The van der Waals surface area contributed by atoms with Crippen LogP contribution in [0.2, 0.25) is 0 Å². The molecule has 2 atom stereocenters. The fourth-order valence-corrected chi connectivity index (χ4v) is 4.05. The van der Waals surface area contributed by atoms with Crippen LogP contribution in [0.15, 0.2) is 24.3 Å². The fraction of sp³-hybridized carbons (Fsp3) is 0.562. The van der Waals surface area contributed by atoms with Crippen LogP contribution in [-0.4, -0.2) is 28.4 Å². The molecular weight excluding hydrogens is 270 g/mol. The highest BCUT2D eigenvalue weighted by Gasteiger charge is 2.35. The zero-order valence-electron chi connectivity index (χ0n) is 11.8. The average Bonchev–Trinajstić information content (AvgIpc) is 2.80. The third-order valence-electron chi connectivity index (χ3n) is 3.96. The summed E-state index contributed by atoms with van der Waals surface area (Å²) >= 11 is 1.69. The Morgan fingerprint density at radius 3 is 3.10 bits per heavy atom. The van der Waals surface area contributed by atoms with Crippen molar-refractivity contribution in [2.75, 3.05) is 6.61 Å². The summed E-state index contributed by atoms with van der Waals surface area (Å²) in [4.78, 5) is 4.64. The molecule has 2 heterocycles. The Hall–Kier alpha value is -0.970. The van der Waals surface area contributed by atoms with Crippen molar-refractivity contribution in [1.82, 2.24) is 4.98 Å². The molecule has 0 radical (unpaired) electrons. The second-order valence-corrected chi connectivity index (χ2v) is 6.83. The Balaban J connectivity index is 1.75. The highest BCUT2D eigenvalue weighted by molar-refractivity contribution is 7.18. The molecule has 1 aromatic carbocycles. The second-order valence-electron chi connectivity index (χ2n) is 5.71. The van der Waals surface area contributed by atoms with Gasteiger partial charge in [0.2, 0.25) is 0 Å². The fourth-order valence-electron chi connectivity index (χ4n) is 2.95. The molecule has 0 spiro atoms. The van der Waals surface area contributed by atoms with Gasteiger partial charge in [0.1, 0.15) is 0 Å². The van der Waals surface area contributed by atoms with E-state index in [2.05, 4.69) is 18.0 Å². The minimum atomic E-state index is -0.647. The van der Waals surface area contributed by atoms with Gasteiger partial charge in [0.05, 0.1) is 26.9 Å². The maximum absolute atomic E-state index is 10.8. The van der Waals surface area contributed by atoms with Crippen LogP contribution >= 0.6 is 11.3 Å². The summed E-state index contributed by atoms with van der Waals surface area (Å²) in [6.07, 6.45) is 4.42. The number of hydrogen-bond donors (Lipinski definition) is 1. The van der Waals surface area contributed by atoms with Crippen LogP contribution in [0.1, 0.15) is 37.6 Å². The van der Waals surface area contributed by atoms with Gasteiger partial charge in [-0.3, -0.25) is 0 Å². The molecule has 1 N–H and O–H groups in total. The molecule has 1 fully saturated rings. The van der Waals surface area contributed by atoms with E-state index in [-0.39, 0.29) is 6.10 Å². The van der Waals surface area contributed by atoms with Gasteiger partial charge in [-0.25, -0.2) is 4.98 Å². The van der Waals surface area contributed by atoms with Gasteiger partial charge in [0.15, 0.2) is 0 Å². The van der Waals surface area contributed by atoms with Gasteiger partial charge in [-0.05, 0) is 18.6 Å². The number of nitrogens with zero attached hydrogens (tertiary/aromatic N) is 1. The Labute approximate surface area is 123 Å². The summed E-state index contributed by atoms with van der Waals surface area (Å²) in [5, 5.41) is 11.9. The van der Waals surface area contributed by atoms with Crippen molar-refractivity contribution in [1.29, 1.82) is 0 Å². The number of rotatable bonds is 4. The SMILES string of the molecule is CCCC1CC(O)(Cc2nc3ccccc3s2)CCO1. The molecule has 1 aliphatic rings. The molecule has 0 amide bonds. The number of aliphatic hydroxyl groups is 1. The largest absolute Gasteiger partial charge is 0.389 e. The number of para-hydroxylation sites is 1. The summed E-state index contributed by atoms with van der Waals surface area (Å²) < 4.78 is 6.93. The molecule has 2 aromatic rings. The van der Waals surface area contributed by atoms with Gasteiger partial charge >= 0.3 is 0 Å². The van der Waals surface area contributed by atoms with Gasteiger partial charge in [-0.15, -0.1) is 11.3 Å². The van der Waals surface area contributed by atoms with E-state index in [0.29, 0.717) is 19.4 Å². The predicted molar refractivity (Wildman–Crippen MR) is 82.2 cm³/mol. The number of thiazole rings is 1. The summed E-state index contributed by atoms with van der Waals surface area (Å²) in [7, 11) is 0. The minimum absolute atomic E-state index is 0.202. The topological polar surface area (TPSA) is 42.4 Å². The molecule has 4 heteroatoms. The molecule has 1 saturated heterocycles. The van der Waals surface area contributed by atoms with Crippen molar-refractivity contribution in [2.45, 2.75) is 50.7 Å². The number of fused-ring (bicyclic) bond motifs is 1. The number of aromatic nitrogens is 1. The van der Waals surface area contributed by atoms with Crippen molar-refractivity contribution in [3.8, 4) is 0 Å². The summed E-state index contributed by atoms with van der Waals surface area (Å²) in [5.41, 5.74) is 0.389. The lowest BCUT2D eigenvalue weighted by Crippen LogP contribution is -2.42. The van der Waals surface area contributed by atoms with Crippen molar-refractivity contribution < 1.29 is 9.84 Å². The van der Waals surface area contributed by atoms with E-state index in [0.717, 1.165) is 29.8 Å². The Morgan fingerprint density at radius 1 is 1.45 bits per heavy atom. The lowest BCUT2D eigenvalue weighted by molar-refractivity contribution is -0.104. The van der Waals surface area contributed by atoms with E-state index in [9.17, 15) is 5.11 Å². The van der Waals surface area contributed by atoms with E-state index in [4.69, 9.17) is 4.74 Å². The van der Waals surface area contributed by atoms with Crippen molar-refractivity contribution >= 4 is 21.6 Å². The lowest BCUT2D eigenvalue weighted by Gasteiger charge is -2.36. The monoisotopic (exact) mass is 291 g/mol. The van der Waals surface area contributed by atoms with Gasteiger partial charge in [0, 0.05) is 25.9 Å². The smallest absolute Gasteiger partial charge is 0.0967 e. The first kappa shape index (κ1) is 14.0. The summed E-state index contributed by atoms with van der Waals surface area (Å²) in [6, 6.07) is 8.16. The zero-order valence-corrected chi connectivity index (χ0v) is 12.7. The standard InChI is InChI=1S/C16H21NO2S/c1-2-5-12-10-16(18,8-9-19-12)11-15-17-13-6-3-4-7-14(13)20-15/h3-4,6-7,12,18H,2,5,8-11H2,1H3. The van der Waals surface area contributed by atoms with Gasteiger partial charge in [-0.2, -0.15) is 0 Å². The molecule has 0 bridgehead atoms. The van der Waals surface area contributed by atoms with Gasteiger partial charge in [-0.1, -0.05) is 25.5 Å². The van der Waals surface area contributed by atoms with Crippen molar-refractivity contribution in [3.63, 3.8) is 0 Å². The lowest BCUT2D eigenvalue weighted by atomic mass is 9.86. The molecule has 0 saturated carbocycles. The highest BCUT2D eigenvalue weighted by Crippen LogP contribution is 2.32. The third kappa shape index (κ3) is 3.03. The van der Waals surface area contributed by atoms with Gasteiger partial charge in [0.25, 0.3) is 0 Å². The first-order valence-corrected chi connectivity index (χ1v) is 8.19. The van der Waals surface area contributed by atoms with Crippen LogP contribution in [0.4, 0.5) is 0 Å². The first-order valence-electron chi connectivity index (χ1n) is 7.37. The van der Waals surface area contributed by atoms with Crippen LogP contribution in [0.25, 0.3) is 10.2 Å². The normalized spacial score (nSPS) is 27.0. The van der Waals surface area contributed by atoms with Crippen LogP contribution in [0.5, 0.6) is 0 Å². The Morgan fingerprint density at radius 2 is 2.30 bits per heavy atom. The maximum atomic E-state index is 10.8. The van der Waals surface area contributed by atoms with E-state index < -0.39 is 5.60 Å². The van der Waals surface area contributed by atoms with Crippen LogP contribution < -0.4 is 0 Å². The Bertz CT molecular complexity index is 548. The van der Waals surface area contributed by atoms with Crippen molar-refractivity contribution in [3.05, 3.63) is 29.3 Å². The van der Waals surface area contributed by atoms with Gasteiger partial charge < -0.3 is 9.84 Å². The molecule has 1 aliphatic heterocycles. The molecular formula is C16H21NO2S. The molecule has 3 rings (SSSR count). The van der Waals surface area contributed by atoms with E-state index in [1.165, 1.54) is 4.70 Å². The first-order chi connectivity index (χ1) is 9.68. The van der Waals surface area contributed by atoms with Crippen LogP contribution in [-0.2, 0) is 11.2 Å². The highest BCUT2D eigenvalue weighted by atomic mass is 32.1. The van der Waals surface area contributed by atoms with E-state index in [1.807, 2.05) is 18.2 Å². The van der Waals surface area contributed by atoms with E-state index >= 15 is 0 Å². The average molecular weight is 291 g/mol. The second kappa shape index (κ2) is 5.80. The molecule has 108 valence electrons. The predicted octanol–water partition coefficient (Wildman–Crippen LogP) is 3.55. The van der Waals surface area contributed by atoms with Crippen LogP contribution in [0.3, 0.4) is 0 Å². The van der Waals surface area contributed by atoms with Crippen molar-refractivity contribution in [2.24, 2.45) is 0 Å². The molecule has 20 heavy (non-hydrogen) atoms. The van der Waals surface area contributed by atoms with Crippen LogP contribution in [0, 0.1) is 0 Å². The zero-order chi connectivity index (χ0) is 14.0. The summed E-state index contributed by atoms with van der Waals surface area (Å²) in [5.74, 6) is 0. The maximum Gasteiger partial charge on any atom is 0.0967 e. The molecule has 3 nitrogen and oxygen atoms in total.